The van der Waals surface area contributed by atoms with E-state index in [2.05, 4.69) is 27.2 Å². The van der Waals surface area contributed by atoms with Gasteiger partial charge < -0.3 is 14.5 Å². The highest BCUT2D eigenvalue weighted by molar-refractivity contribution is 6.08. The number of carbonyl (C=O) groups excluding carboxylic acids is 2. The number of piperazine rings is 1. The monoisotopic (exact) mass is 392 g/mol. The molecule has 2 aromatic carbocycles. The van der Waals surface area contributed by atoms with Gasteiger partial charge in [0.05, 0.1) is 7.11 Å². The van der Waals surface area contributed by atoms with Crippen molar-refractivity contribution < 1.29 is 14.3 Å². The van der Waals surface area contributed by atoms with Crippen LogP contribution in [-0.4, -0.2) is 56.0 Å². The average molecular weight is 392 g/mol. The Balaban J connectivity index is 1.55. The van der Waals surface area contributed by atoms with E-state index < -0.39 is 17.9 Å². The Hall–Kier alpha value is -3.35. The number of para-hydroxylation sites is 1. The summed E-state index contributed by atoms with van der Waals surface area (Å²) in [5.74, 6) is -1.41. The van der Waals surface area contributed by atoms with E-state index in [1.807, 2.05) is 48.5 Å². The highest BCUT2D eigenvalue weighted by atomic mass is 16.5. The van der Waals surface area contributed by atoms with Crippen LogP contribution >= 0.6 is 0 Å². The van der Waals surface area contributed by atoms with Crippen molar-refractivity contribution in [3.05, 3.63) is 66.2 Å². The van der Waals surface area contributed by atoms with Crippen LogP contribution in [0.15, 0.2) is 65.7 Å². The highest BCUT2D eigenvalue weighted by Gasteiger charge is 2.41. The van der Waals surface area contributed by atoms with Gasteiger partial charge in [0.2, 0.25) is 11.9 Å². The predicted molar refractivity (Wildman–Crippen MR) is 110 cm³/mol. The quantitative estimate of drug-likeness (QED) is 0.637. The van der Waals surface area contributed by atoms with Gasteiger partial charge in [-0.2, -0.15) is 0 Å². The molecule has 0 saturated carbocycles. The first-order valence-corrected chi connectivity index (χ1v) is 9.74. The van der Waals surface area contributed by atoms with Crippen molar-refractivity contribution in [3.63, 3.8) is 0 Å². The number of guanidine groups is 1. The minimum Gasteiger partial charge on any atom is -0.468 e. The van der Waals surface area contributed by atoms with Gasteiger partial charge in [-0.3, -0.25) is 14.9 Å². The number of methoxy groups -OCH3 is 1. The van der Waals surface area contributed by atoms with Crippen molar-refractivity contribution in [2.45, 2.75) is 6.04 Å². The van der Waals surface area contributed by atoms with Gasteiger partial charge in [-0.15, -0.1) is 0 Å². The standard InChI is InChI=1S/C22H24N4O3/c1-29-21(28)18-19(16-8-4-2-5-9-16)23-22(24-20(18)27)26-14-12-25(13-15-26)17-10-6-3-7-11-17/h2-11,18-19H,12-15H2,1H3,(H,23,24,27)/t18-,19-/m1/s1. The summed E-state index contributed by atoms with van der Waals surface area (Å²) in [5.41, 5.74) is 2.01. The summed E-state index contributed by atoms with van der Waals surface area (Å²) < 4.78 is 4.87. The fraction of sp³-hybridized carbons (Fsp3) is 0.318. The number of aliphatic imine (C=N–C) groups is 1. The number of esters is 1. The first-order valence-electron chi connectivity index (χ1n) is 9.74. The van der Waals surface area contributed by atoms with E-state index in [-0.39, 0.29) is 5.91 Å². The van der Waals surface area contributed by atoms with E-state index in [0.29, 0.717) is 5.96 Å². The molecule has 1 amide bonds. The van der Waals surface area contributed by atoms with E-state index in [0.717, 1.165) is 31.7 Å². The molecular weight excluding hydrogens is 368 g/mol. The molecule has 1 saturated heterocycles. The lowest BCUT2D eigenvalue weighted by Crippen LogP contribution is -2.57. The number of ether oxygens (including phenoxy) is 1. The molecule has 0 aliphatic carbocycles. The molecule has 2 heterocycles. The van der Waals surface area contributed by atoms with Crippen molar-refractivity contribution in [1.82, 2.24) is 10.2 Å². The second-order valence-electron chi connectivity index (χ2n) is 7.11. The van der Waals surface area contributed by atoms with Crippen LogP contribution < -0.4 is 10.2 Å². The third-order valence-electron chi connectivity index (χ3n) is 5.39. The zero-order valence-electron chi connectivity index (χ0n) is 16.3. The molecule has 1 fully saturated rings. The Morgan fingerprint density at radius 3 is 2.17 bits per heavy atom. The molecular formula is C22H24N4O3. The van der Waals surface area contributed by atoms with Crippen LogP contribution in [0.4, 0.5) is 5.69 Å². The molecule has 4 rings (SSSR count). The molecule has 7 heteroatoms. The van der Waals surface area contributed by atoms with E-state index in [1.54, 1.807) is 0 Å². The maximum atomic E-state index is 12.8. The summed E-state index contributed by atoms with van der Waals surface area (Å²) in [6.07, 6.45) is 0. The lowest BCUT2D eigenvalue weighted by molar-refractivity contribution is -0.151. The molecule has 2 atom stereocenters. The number of hydrogen-bond donors (Lipinski definition) is 1. The Bertz CT molecular complexity index is 893. The van der Waals surface area contributed by atoms with Crippen molar-refractivity contribution in [2.24, 2.45) is 10.9 Å². The Labute approximate surface area is 170 Å². The number of benzene rings is 2. The summed E-state index contributed by atoms with van der Waals surface area (Å²) >= 11 is 0. The second kappa shape index (κ2) is 8.34. The molecule has 29 heavy (non-hydrogen) atoms. The first kappa shape index (κ1) is 19.0. The van der Waals surface area contributed by atoms with Gasteiger partial charge in [0, 0.05) is 31.9 Å². The number of amides is 1. The second-order valence-corrected chi connectivity index (χ2v) is 7.11. The number of rotatable bonds is 3. The van der Waals surface area contributed by atoms with E-state index in [4.69, 9.17) is 9.73 Å². The third-order valence-corrected chi connectivity index (χ3v) is 5.39. The number of nitrogens with one attached hydrogen (secondary N) is 1. The minimum absolute atomic E-state index is 0.374. The van der Waals surface area contributed by atoms with Crippen LogP contribution in [-0.2, 0) is 14.3 Å². The Morgan fingerprint density at radius 2 is 1.55 bits per heavy atom. The molecule has 0 aromatic heterocycles. The molecule has 1 N–H and O–H groups in total. The van der Waals surface area contributed by atoms with Crippen LogP contribution in [0, 0.1) is 5.92 Å². The fourth-order valence-electron chi connectivity index (χ4n) is 3.83. The zero-order valence-corrected chi connectivity index (χ0v) is 16.3. The van der Waals surface area contributed by atoms with Crippen LogP contribution in [0.25, 0.3) is 0 Å². The molecule has 2 aliphatic rings. The number of anilines is 1. The van der Waals surface area contributed by atoms with Crippen molar-refractivity contribution in [1.29, 1.82) is 0 Å². The zero-order chi connectivity index (χ0) is 20.2. The van der Waals surface area contributed by atoms with E-state index in [1.165, 1.54) is 12.8 Å². The van der Waals surface area contributed by atoms with Crippen molar-refractivity contribution >= 4 is 23.5 Å². The van der Waals surface area contributed by atoms with Crippen LogP contribution in [0.2, 0.25) is 0 Å². The Kier molecular flexibility index (Phi) is 5.46. The van der Waals surface area contributed by atoms with Crippen molar-refractivity contribution in [3.8, 4) is 0 Å². The number of carbonyl (C=O) groups is 2. The van der Waals surface area contributed by atoms with Crippen LogP contribution in [0.3, 0.4) is 0 Å². The Morgan fingerprint density at radius 1 is 0.966 bits per heavy atom. The van der Waals surface area contributed by atoms with Gasteiger partial charge >= 0.3 is 5.97 Å². The molecule has 7 nitrogen and oxygen atoms in total. The largest absolute Gasteiger partial charge is 0.468 e. The van der Waals surface area contributed by atoms with Crippen LogP contribution in [0.5, 0.6) is 0 Å². The SMILES string of the molecule is COC(=O)[C@H]1C(=O)NC(N2CCN(c3ccccc3)CC2)=N[C@@H]1c1ccccc1. The number of hydrogen-bond acceptors (Lipinski definition) is 6. The third kappa shape index (κ3) is 3.94. The van der Waals surface area contributed by atoms with Gasteiger partial charge in [0.15, 0.2) is 5.92 Å². The first-order chi connectivity index (χ1) is 14.2. The maximum Gasteiger partial charge on any atom is 0.320 e. The average Bonchev–Trinajstić information content (AvgIpc) is 2.79. The molecule has 2 aromatic rings. The lowest BCUT2D eigenvalue weighted by atomic mass is 9.91. The summed E-state index contributed by atoms with van der Waals surface area (Å²) in [6.45, 7) is 3.13. The molecule has 0 unspecified atom stereocenters. The van der Waals surface area contributed by atoms with E-state index in [9.17, 15) is 9.59 Å². The van der Waals surface area contributed by atoms with Gasteiger partial charge in [-0.05, 0) is 17.7 Å². The molecule has 2 aliphatic heterocycles. The number of nitrogens with zero attached hydrogens (tertiary/aromatic N) is 3. The summed E-state index contributed by atoms with van der Waals surface area (Å²) in [4.78, 5) is 34.2. The summed E-state index contributed by atoms with van der Waals surface area (Å²) in [7, 11) is 1.29. The van der Waals surface area contributed by atoms with Crippen molar-refractivity contribution in [2.75, 3.05) is 38.2 Å². The van der Waals surface area contributed by atoms with E-state index >= 15 is 0 Å². The van der Waals surface area contributed by atoms with Gasteiger partial charge in [-0.1, -0.05) is 48.5 Å². The van der Waals surface area contributed by atoms with Gasteiger partial charge in [-0.25, -0.2) is 4.99 Å². The van der Waals surface area contributed by atoms with Gasteiger partial charge in [0.25, 0.3) is 0 Å². The maximum absolute atomic E-state index is 12.8. The highest BCUT2D eigenvalue weighted by Crippen LogP contribution is 2.30. The van der Waals surface area contributed by atoms with Crippen LogP contribution in [0.1, 0.15) is 11.6 Å². The topological polar surface area (TPSA) is 74.2 Å². The lowest BCUT2D eigenvalue weighted by Gasteiger charge is -2.39. The smallest absolute Gasteiger partial charge is 0.320 e. The predicted octanol–water partition coefficient (Wildman–Crippen LogP) is 1.82. The molecule has 150 valence electrons. The summed E-state index contributed by atoms with van der Waals surface area (Å²) in [6, 6.07) is 19.1. The normalized spacial score (nSPS) is 22.0. The molecule has 0 spiro atoms. The molecule has 0 radical (unpaired) electrons. The fourth-order valence-corrected chi connectivity index (χ4v) is 3.83. The summed E-state index contributed by atoms with van der Waals surface area (Å²) in [5, 5.41) is 2.82. The molecule has 0 bridgehead atoms. The van der Waals surface area contributed by atoms with Gasteiger partial charge in [0.1, 0.15) is 6.04 Å². The minimum atomic E-state index is -0.989.